The van der Waals surface area contributed by atoms with Crippen LogP contribution in [0.25, 0.3) is 0 Å². The Morgan fingerprint density at radius 3 is 2.48 bits per heavy atom. The third-order valence-electron chi connectivity index (χ3n) is 4.07. The van der Waals surface area contributed by atoms with Crippen molar-refractivity contribution < 1.29 is 19.4 Å². The van der Waals surface area contributed by atoms with Gasteiger partial charge >= 0.3 is 12.1 Å². The first-order chi connectivity index (χ1) is 10.8. The molecule has 126 valence electrons. The second-order valence-electron chi connectivity index (χ2n) is 7.11. The van der Waals surface area contributed by atoms with Gasteiger partial charge in [0.25, 0.3) is 0 Å². The second kappa shape index (κ2) is 7.02. The maximum atomic E-state index is 12.2. The summed E-state index contributed by atoms with van der Waals surface area (Å²) in [5.74, 6) is -1.37. The molecular formula is C18H25NO4. The Morgan fingerprint density at radius 2 is 1.91 bits per heavy atom. The Bertz CT molecular complexity index is 550. The summed E-state index contributed by atoms with van der Waals surface area (Å²) in [6.45, 7) is 6.17. The minimum atomic E-state index is -0.848. The molecule has 2 rings (SSSR count). The van der Waals surface area contributed by atoms with Crippen LogP contribution in [-0.2, 0) is 16.0 Å². The van der Waals surface area contributed by atoms with Gasteiger partial charge in [-0.25, -0.2) is 4.79 Å². The van der Waals surface area contributed by atoms with Gasteiger partial charge in [-0.1, -0.05) is 30.3 Å². The lowest BCUT2D eigenvalue weighted by atomic mass is 9.81. The Balaban J connectivity index is 2.03. The first-order valence-corrected chi connectivity index (χ1v) is 8.01. The molecule has 1 N–H and O–H groups in total. The molecule has 1 aliphatic rings. The first kappa shape index (κ1) is 17.3. The second-order valence-corrected chi connectivity index (χ2v) is 7.11. The summed E-state index contributed by atoms with van der Waals surface area (Å²) < 4.78 is 5.35. The van der Waals surface area contributed by atoms with Gasteiger partial charge in [-0.05, 0) is 45.1 Å². The van der Waals surface area contributed by atoms with Gasteiger partial charge in [0.15, 0.2) is 0 Å². The lowest BCUT2D eigenvalue weighted by Gasteiger charge is -2.37. The summed E-state index contributed by atoms with van der Waals surface area (Å²) in [5.41, 5.74) is 0.561. The summed E-state index contributed by atoms with van der Waals surface area (Å²) in [6.07, 6.45) is 0.965. The lowest BCUT2D eigenvalue weighted by molar-refractivity contribution is -0.145. The molecule has 0 aliphatic carbocycles. The molecule has 1 fully saturated rings. The fourth-order valence-corrected chi connectivity index (χ4v) is 2.93. The Labute approximate surface area is 137 Å². The third-order valence-corrected chi connectivity index (χ3v) is 4.07. The number of ether oxygens (including phenoxy) is 1. The van der Waals surface area contributed by atoms with Crippen molar-refractivity contribution in [3.63, 3.8) is 0 Å². The molecule has 0 spiro atoms. The average molecular weight is 319 g/mol. The summed E-state index contributed by atoms with van der Waals surface area (Å²) >= 11 is 0. The monoisotopic (exact) mass is 319 g/mol. The highest BCUT2D eigenvalue weighted by molar-refractivity contribution is 5.73. The highest BCUT2D eigenvalue weighted by Crippen LogP contribution is 2.28. The number of benzene rings is 1. The van der Waals surface area contributed by atoms with Crippen molar-refractivity contribution in [2.24, 2.45) is 11.8 Å². The van der Waals surface area contributed by atoms with Crippen molar-refractivity contribution in [3.05, 3.63) is 35.9 Å². The Morgan fingerprint density at radius 1 is 1.26 bits per heavy atom. The van der Waals surface area contributed by atoms with Gasteiger partial charge in [-0.15, -0.1) is 0 Å². The van der Waals surface area contributed by atoms with Crippen LogP contribution in [0.15, 0.2) is 30.3 Å². The molecule has 1 aromatic carbocycles. The van der Waals surface area contributed by atoms with Crippen molar-refractivity contribution in [2.75, 3.05) is 13.1 Å². The van der Waals surface area contributed by atoms with Crippen molar-refractivity contribution in [2.45, 2.75) is 39.2 Å². The standard InChI is InChI=1S/C18H25NO4/c1-18(2,3)23-17(22)19-10-9-14(15(12-19)16(20)21)11-13-7-5-4-6-8-13/h4-8,14-15H,9-12H2,1-3H3,(H,20,21)/t14-,15+/m0/s1. The molecule has 23 heavy (non-hydrogen) atoms. The van der Waals surface area contributed by atoms with Crippen LogP contribution in [0.3, 0.4) is 0 Å². The van der Waals surface area contributed by atoms with E-state index in [1.54, 1.807) is 0 Å². The minimum absolute atomic E-state index is 0.0357. The predicted molar refractivity (Wildman–Crippen MR) is 87.2 cm³/mol. The van der Waals surface area contributed by atoms with Crippen LogP contribution >= 0.6 is 0 Å². The quantitative estimate of drug-likeness (QED) is 0.929. The van der Waals surface area contributed by atoms with E-state index in [1.807, 2.05) is 51.1 Å². The summed E-state index contributed by atoms with van der Waals surface area (Å²) in [6, 6.07) is 9.89. The van der Waals surface area contributed by atoms with E-state index in [9.17, 15) is 14.7 Å². The summed E-state index contributed by atoms with van der Waals surface area (Å²) in [5, 5.41) is 9.54. The number of carboxylic acid groups (broad SMARTS) is 1. The molecule has 0 radical (unpaired) electrons. The fraction of sp³-hybridized carbons (Fsp3) is 0.556. The van der Waals surface area contributed by atoms with E-state index in [0.29, 0.717) is 13.0 Å². The number of hydrogen-bond acceptors (Lipinski definition) is 3. The maximum absolute atomic E-state index is 12.2. The van der Waals surface area contributed by atoms with Gasteiger partial charge in [0.2, 0.25) is 0 Å². The number of carbonyl (C=O) groups excluding carboxylic acids is 1. The highest BCUT2D eigenvalue weighted by atomic mass is 16.6. The zero-order valence-electron chi connectivity index (χ0n) is 14.0. The number of likely N-dealkylation sites (tertiary alicyclic amines) is 1. The van der Waals surface area contributed by atoms with E-state index in [2.05, 4.69) is 0 Å². The SMILES string of the molecule is CC(C)(C)OC(=O)N1CC[C@@H](Cc2ccccc2)[C@H](C(=O)O)C1. The molecule has 0 bridgehead atoms. The van der Waals surface area contributed by atoms with Crippen LogP contribution in [-0.4, -0.2) is 40.8 Å². The van der Waals surface area contributed by atoms with Crippen molar-refractivity contribution in [1.29, 1.82) is 0 Å². The van der Waals surface area contributed by atoms with Gasteiger partial charge in [-0.2, -0.15) is 0 Å². The van der Waals surface area contributed by atoms with Gasteiger partial charge < -0.3 is 14.7 Å². The number of rotatable bonds is 3. The van der Waals surface area contributed by atoms with Crippen LogP contribution in [0.4, 0.5) is 4.79 Å². The van der Waals surface area contributed by atoms with E-state index in [1.165, 1.54) is 4.90 Å². The smallest absolute Gasteiger partial charge is 0.410 e. The number of carbonyl (C=O) groups is 2. The van der Waals surface area contributed by atoms with E-state index in [4.69, 9.17) is 4.74 Å². The normalized spacial score (nSPS) is 21.8. The average Bonchev–Trinajstić information content (AvgIpc) is 2.46. The van der Waals surface area contributed by atoms with Crippen LogP contribution in [0.2, 0.25) is 0 Å². The van der Waals surface area contributed by atoms with E-state index in [0.717, 1.165) is 12.0 Å². The molecule has 1 aromatic rings. The molecule has 0 aromatic heterocycles. The maximum Gasteiger partial charge on any atom is 0.410 e. The van der Waals surface area contributed by atoms with Crippen LogP contribution in [0.1, 0.15) is 32.8 Å². The molecule has 0 saturated carbocycles. The largest absolute Gasteiger partial charge is 0.481 e. The van der Waals surface area contributed by atoms with Crippen molar-refractivity contribution in [1.82, 2.24) is 4.90 Å². The predicted octanol–water partition coefficient (Wildman–Crippen LogP) is 3.19. The fourth-order valence-electron chi connectivity index (χ4n) is 2.93. The molecule has 5 heteroatoms. The third kappa shape index (κ3) is 4.98. The van der Waals surface area contributed by atoms with Crippen LogP contribution in [0, 0.1) is 11.8 Å². The van der Waals surface area contributed by atoms with Gasteiger partial charge in [0.1, 0.15) is 5.60 Å². The topological polar surface area (TPSA) is 66.8 Å². The van der Waals surface area contributed by atoms with E-state index in [-0.39, 0.29) is 12.5 Å². The number of carboxylic acids is 1. The lowest BCUT2D eigenvalue weighted by Crippen LogP contribution is -2.48. The Hall–Kier alpha value is -2.04. The number of aliphatic carboxylic acids is 1. The molecule has 5 nitrogen and oxygen atoms in total. The molecule has 1 aliphatic heterocycles. The van der Waals surface area contributed by atoms with E-state index >= 15 is 0 Å². The van der Waals surface area contributed by atoms with Gasteiger partial charge in [0.05, 0.1) is 5.92 Å². The number of hydrogen-bond donors (Lipinski definition) is 1. The summed E-state index contributed by atoms with van der Waals surface area (Å²) in [7, 11) is 0. The van der Waals surface area contributed by atoms with Gasteiger partial charge in [-0.3, -0.25) is 4.79 Å². The van der Waals surface area contributed by atoms with Gasteiger partial charge in [0, 0.05) is 13.1 Å². The number of amides is 1. The molecule has 2 atom stereocenters. The highest BCUT2D eigenvalue weighted by Gasteiger charge is 2.37. The van der Waals surface area contributed by atoms with Crippen LogP contribution in [0.5, 0.6) is 0 Å². The zero-order chi connectivity index (χ0) is 17.0. The molecule has 1 amide bonds. The molecule has 0 unspecified atom stereocenters. The van der Waals surface area contributed by atoms with Crippen LogP contribution < -0.4 is 0 Å². The van der Waals surface area contributed by atoms with Crippen molar-refractivity contribution >= 4 is 12.1 Å². The Kier molecular flexibility index (Phi) is 5.29. The number of piperidine rings is 1. The minimum Gasteiger partial charge on any atom is -0.481 e. The number of nitrogens with zero attached hydrogens (tertiary/aromatic N) is 1. The zero-order valence-corrected chi connectivity index (χ0v) is 14.0. The molecule has 1 saturated heterocycles. The van der Waals surface area contributed by atoms with E-state index < -0.39 is 23.6 Å². The summed E-state index contributed by atoms with van der Waals surface area (Å²) in [4.78, 5) is 25.3. The first-order valence-electron chi connectivity index (χ1n) is 8.01. The molecule has 1 heterocycles. The molecular weight excluding hydrogens is 294 g/mol. The van der Waals surface area contributed by atoms with Crippen molar-refractivity contribution in [3.8, 4) is 0 Å².